The molecule has 0 aliphatic carbocycles. The zero-order valence-corrected chi connectivity index (χ0v) is 11.5. The lowest BCUT2D eigenvalue weighted by Crippen LogP contribution is -2.58. The predicted molar refractivity (Wildman–Crippen MR) is 75.5 cm³/mol. The molecule has 1 unspecified atom stereocenters. The number of piperazine rings is 1. The van der Waals surface area contributed by atoms with Gasteiger partial charge in [-0.15, -0.1) is 0 Å². The van der Waals surface area contributed by atoms with Crippen LogP contribution in [-0.2, 0) is 9.53 Å². The van der Waals surface area contributed by atoms with E-state index in [9.17, 15) is 9.59 Å². The molecule has 6 nitrogen and oxygen atoms in total. The Morgan fingerprint density at radius 3 is 2.85 bits per heavy atom. The van der Waals surface area contributed by atoms with Crippen molar-refractivity contribution in [1.29, 1.82) is 0 Å². The average molecular weight is 277 g/mol. The summed E-state index contributed by atoms with van der Waals surface area (Å²) in [5, 5.41) is 5.89. The summed E-state index contributed by atoms with van der Waals surface area (Å²) in [5.74, 6) is -0.372. The van der Waals surface area contributed by atoms with Crippen LogP contribution in [-0.4, -0.2) is 49.2 Å². The Morgan fingerprint density at radius 1 is 1.40 bits per heavy atom. The van der Waals surface area contributed by atoms with Crippen molar-refractivity contribution < 1.29 is 14.3 Å². The van der Waals surface area contributed by atoms with Crippen LogP contribution in [0.2, 0.25) is 0 Å². The molecule has 0 spiro atoms. The molecule has 108 valence electrons. The van der Waals surface area contributed by atoms with Crippen molar-refractivity contribution in [1.82, 2.24) is 10.2 Å². The topological polar surface area (TPSA) is 70.7 Å². The summed E-state index contributed by atoms with van der Waals surface area (Å²) in [6.45, 7) is 3.62. The van der Waals surface area contributed by atoms with Crippen molar-refractivity contribution in [2.24, 2.45) is 0 Å². The number of para-hydroxylation sites is 1. The van der Waals surface area contributed by atoms with Gasteiger partial charge >= 0.3 is 12.0 Å². The fraction of sp³-hybridized carbons (Fsp3) is 0.429. The maximum Gasteiger partial charge on any atom is 0.330 e. The summed E-state index contributed by atoms with van der Waals surface area (Å²) in [6.07, 6.45) is 0. The van der Waals surface area contributed by atoms with E-state index in [0.717, 1.165) is 0 Å². The fourth-order valence-corrected chi connectivity index (χ4v) is 2.11. The minimum Gasteiger partial charge on any atom is -0.464 e. The van der Waals surface area contributed by atoms with Crippen LogP contribution < -0.4 is 10.6 Å². The van der Waals surface area contributed by atoms with Gasteiger partial charge in [0.25, 0.3) is 0 Å². The van der Waals surface area contributed by atoms with Gasteiger partial charge in [0.2, 0.25) is 0 Å². The van der Waals surface area contributed by atoms with Crippen molar-refractivity contribution in [3.63, 3.8) is 0 Å². The average Bonchev–Trinajstić information content (AvgIpc) is 2.48. The van der Waals surface area contributed by atoms with Gasteiger partial charge in [-0.3, -0.25) is 0 Å². The van der Waals surface area contributed by atoms with Gasteiger partial charge in [0.15, 0.2) is 0 Å². The molecule has 2 N–H and O–H groups in total. The van der Waals surface area contributed by atoms with Gasteiger partial charge in [-0.05, 0) is 19.1 Å². The van der Waals surface area contributed by atoms with E-state index in [1.165, 1.54) is 4.90 Å². The monoisotopic (exact) mass is 277 g/mol. The quantitative estimate of drug-likeness (QED) is 0.810. The molecule has 2 amide bonds. The third kappa shape index (κ3) is 3.48. The first-order chi connectivity index (χ1) is 9.72. The molecular weight excluding hydrogens is 258 g/mol. The Bertz CT molecular complexity index is 464. The highest BCUT2D eigenvalue weighted by Gasteiger charge is 2.33. The Hall–Kier alpha value is -2.08. The standard InChI is InChI=1S/C14H19N3O3/c1-2-20-13(18)12-10-15-8-9-17(12)14(19)16-11-6-4-3-5-7-11/h3-7,12,15H,2,8-10H2,1H3,(H,16,19). The van der Waals surface area contributed by atoms with Crippen LogP contribution in [0.3, 0.4) is 0 Å². The Kier molecular flexibility index (Phi) is 4.95. The molecule has 20 heavy (non-hydrogen) atoms. The van der Waals surface area contributed by atoms with Crippen molar-refractivity contribution in [2.45, 2.75) is 13.0 Å². The third-order valence-corrected chi connectivity index (χ3v) is 3.09. The highest BCUT2D eigenvalue weighted by molar-refractivity contribution is 5.92. The van der Waals surface area contributed by atoms with Crippen LogP contribution in [0.4, 0.5) is 10.5 Å². The maximum absolute atomic E-state index is 12.3. The molecule has 1 aliphatic heterocycles. The summed E-state index contributed by atoms with van der Waals surface area (Å²) < 4.78 is 5.01. The molecular formula is C14H19N3O3. The number of carbonyl (C=O) groups is 2. The minimum atomic E-state index is -0.576. The Balaban J connectivity index is 2.03. The molecule has 1 fully saturated rings. The van der Waals surface area contributed by atoms with E-state index in [2.05, 4.69) is 10.6 Å². The largest absolute Gasteiger partial charge is 0.464 e. The number of amides is 2. The van der Waals surface area contributed by atoms with Crippen LogP contribution in [0, 0.1) is 0 Å². The van der Waals surface area contributed by atoms with E-state index in [-0.39, 0.29) is 12.0 Å². The number of carbonyl (C=O) groups excluding carboxylic acids is 2. The molecule has 1 heterocycles. The minimum absolute atomic E-state index is 0.282. The van der Waals surface area contributed by atoms with Crippen molar-refractivity contribution in [3.8, 4) is 0 Å². The van der Waals surface area contributed by atoms with Gasteiger partial charge in [-0.2, -0.15) is 0 Å². The SMILES string of the molecule is CCOC(=O)C1CNCCN1C(=O)Nc1ccccc1. The lowest BCUT2D eigenvalue weighted by Gasteiger charge is -2.34. The summed E-state index contributed by atoms with van der Waals surface area (Å²) in [4.78, 5) is 25.7. The molecule has 1 aromatic carbocycles. The first-order valence-corrected chi connectivity index (χ1v) is 6.72. The molecule has 2 rings (SSSR count). The molecule has 0 radical (unpaired) electrons. The highest BCUT2D eigenvalue weighted by atomic mass is 16.5. The van der Waals surface area contributed by atoms with Gasteiger partial charge in [0.1, 0.15) is 6.04 Å². The Labute approximate surface area is 118 Å². The maximum atomic E-state index is 12.3. The summed E-state index contributed by atoms with van der Waals surface area (Å²) in [6, 6.07) is 8.32. The summed E-state index contributed by atoms with van der Waals surface area (Å²) in [5.41, 5.74) is 0.707. The second-order valence-electron chi connectivity index (χ2n) is 4.46. The van der Waals surface area contributed by atoms with E-state index in [0.29, 0.717) is 31.9 Å². The number of esters is 1. The number of nitrogens with zero attached hydrogens (tertiary/aromatic N) is 1. The molecule has 1 atom stereocenters. The molecule has 0 bridgehead atoms. The number of ether oxygens (including phenoxy) is 1. The zero-order chi connectivity index (χ0) is 14.4. The fourth-order valence-electron chi connectivity index (χ4n) is 2.11. The van der Waals surface area contributed by atoms with E-state index in [1.807, 2.05) is 18.2 Å². The second-order valence-corrected chi connectivity index (χ2v) is 4.46. The molecule has 1 aliphatic rings. The van der Waals surface area contributed by atoms with E-state index in [1.54, 1.807) is 19.1 Å². The van der Waals surface area contributed by atoms with E-state index in [4.69, 9.17) is 4.74 Å². The van der Waals surface area contributed by atoms with Crippen LogP contribution in [0.15, 0.2) is 30.3 Å². The smallest absolute Gasteiger partial charge is 0.330 e. The van der Waals surface area contributed by atoms with Crippen LogP contribution >= 0.6 is 0 Å². The molecule has 1 saturated heterocycles. The van der Waals surface area contributed by atoms with Gasteiger partial charge in [-0.1, -0.05) is 18.2 Å². The number of benzene rings is 1. The third-order valence-electron chi connectivity index (χ3n) is 3.09. The number of hydrogen-bond acceptors (Lipinski definition) is 4. The molecule has 0 saturated carbocycles. The molecule has 1 aromatic rings. The van der Waals surface area contributed by atoms with Crippen molar-refractivity contribution in [2.75, 3.05) is 31.6 Å². The summed E-state index contributed by atoms with van der Waals surface area (Å²) in [7, 11) is 0. The number of rotatable bonds is 3. The van der Waals surface area contributed by atoms with Crippen molar-refractivity contribution in [3.05, 3.63) is 30.3 Å². The lowest BCUT2D eigenvalue weighted by atomic mass is 10.2. The first-order valence-electron chi connectivity index (χ1n) is 6.72. The molecule has 0 aromatic heterocycles. The normalized spacial score (nSPS) is 18.4. The van der Waals surface area contributed by atoms with Gasteiger partial charge < -0.3 is 20.3 Å². The van der Waals surface area contributed by atoms with Gasteiger partial charge in [-0.25, -0.2) is 9.59 Å². The zero-order valence-electron chi connectivity index (χ0n) is 11.5. The van der Waals surface area contributed by atoms with Gasteiger partial charge in [0.05, 0.1) is 6.61 Å². The first kappa shape index (κ1) is 14.3. The number of anilines is 1. The number of hydrogen-bond donors (Lipinski definition) is 2. The number of nitrogens with one attached hydrogen (secondary N) is 2. The Morgan fingerprint density at radius 2 is 2.15 bits per heavy atom. The summed E-state index contributed by atoms with van der Waals surface area (Å²) >= 11 is 0. The van der Waals surface area contributed by atoms with Crippen molar-refractivity contribution >= 4 is 17.7 Å². The second kappa shape index (κ2) is 6.91. The number of urea groups is 1. The van der Waals surface area contributed by atoms with E-state index >= 15 is 0 Å². The van der Waals surface area contributed by atoms with Crippen LogP contribution in [0.5, 0.6) is 0 Å². The van der Waals surface area contributed by atoms with Crippen LogP contribution in [0.25, 0.3) is 0 Å². The lowest BCUT2D eigenvalue weighted by molar-refractivity contribution is -0.148. The molecule has 6 heteroatoms. The van der Waals surface area contributed by atoms with Gasteiger partial charge in [0, 0.05) is 25.3 Å². The highest BCUT2D eigenvalue weighted by Crippen LogP contribution is 2.11. The van der Waals surface area contributed by atoms with E-state index < -0.39 is 6.04 Å². The predicted octanol–water partition coefficient (Wildman–Crippen LogP) is 1.06. The van der Waals surface area contributed by atoms with Crippen LogP contribution in [0.1, 0.15) is 6.92 Å².